The van der Waals surface area contributed by atoms with E-state index in [-0.39, 0.29) is 17.7 Å². The van der Waals surface area contributed by atoms with Gasteiger partial charge in [0.1, 0.15) is 0 Å². The van der Waals surface area contributed by atoms with Crippen LogP contribution in [-0.4, -0.2) is 39.9 Å². The van der Waals surface area contributed by atoms with E-state index in [1.165, 1.54) is 0 Å². The Bertz CT molecular complexity index is 1410. The van der Waals surface area contributed by atoms with Crippen molar-refractivity contribution in [2.45, 2.75) is 25.9 Å². The molecule has 1 aliphatic heterocycles. The Labute approximate surface area is 226 Å². The molecule has 2 heterocycles. The summed E-state index contributed by atoms with van der Waals surface area (Å²) in [5, 5.41) is 10.6. The third-order valence-corrected chi connectivity index (χ3v) is 6.75. The van der Waals surface area contributed by atoms with Crippen molar-refractivity contribution in [2.24, 2.45) is 5.92 Å². The fraction of sp³-hybridized carbons (Fsp3) is 0.241. The second kappa shape index (κ2) is 12.0. The van der Waals surface area contributed by atoms with E-state index in [1.807, 2.05) is 48.5 Å². The quantitative estimate of drug-likeness (QED) is 0.326. The summed E-state index contributed by atoms with van der Waals surface area (Å²) in [4.78, 5) is 32.7. The number of carbonyl (C=O) groups excluding carboxylic acids is 2. The molecule has 0 saturated carbocycles. The zero-order valence-corrected chi connectivity index (χ0v) is 21.5. The van der Waals surface area contributed by atoms with Gasteiger partial charge in [0.2, 0.25) is 17.6 Å². The number of rotatable bonds is 8. The zero-order chi connectivity index (χ0) is 26.3. The summed E-state index contributed by atoms with van der Waals surface area (Å²) in [5.41, 5.74) is 2.73. The Hall–Kier alpha value is -4.01. The van der Waals surface area contributed by atoms with Crippen LogP contribution in [0.5, 0.6) is 0 Å². The Morgan fingerprint density at radius 3 is 2.68 bits per heavy atom. The number of halogens is 1. The van der Waals surface area contributed by atoms with Gasteiger partial charge < -0.3 is 15.2 Å². The molecule has 0 radical (unpaired) electrons. The molecule has 4 aromatic rings. The van der Waals surface area contributed by atoms with Crippen LogP contribution in [-0.2, 0) is 17.9 Å². The van der Waals surface area contributed by atoms with Crippen LogP contribution in [0.1, 0.15) is 34.7 Å². The molecule has 0 aliphatic carbocycles. The van der Waals surface area contributed by atoms with Crippen molar-refractivity contribution in [2.75, 3.05) is 18.4 Å². The van der Waals surface area contributed by atoms with E-state index >= 15 is 0 Å². The van der Waals surface area contributed by atoms with Crippen molar-refractivity contribution in [3.05, 3.63) is 101 Å². The van der Waals surface area contributed by atoms with Gasteiger partial charge in [0, 0.05) is 23.7 Å². The number of nitrogens with one attached hydrogen (secondary N) is 2. The number of amides is 2. The van der Waals surface area contributed by atoms with Crippen LogP contribution >= 0.6 is 11.6 Å². The number of hydrogen-bond acceptors (Lipinski definition) is 6. The number of anilines is 1. The summed E-state index contributed by atoms with van der Waals surface area (Å²) in [6.07, 6.45) is 1.63. The fourth-order valence-corrected chi connectivity index (χ4v) is 4.76. The van der Waals surface area contributed by atoms with Crippen molar-refractivity contribution in [3.63, 3.8) is 0 Å². The van der Waals surface area contributed by atoms with E-state index in [2.05, 4.69) is 25.7 Å². The molecule has 1 aromatic heterocycles. The highest BCUT2D eigenvalue weighted by Crippen LogP contribution is 2.24. The van der Waals surface area contributed by atoms with Gasteiger partial charge in [-0.15, -0.1) is 0 Å². The highest BCUT2D eigenvalue weighted by molar-refractivity contribution is 6.30. The van der Waals surface area contributed by atoms with Gasteiger partial charge in [-0.25, -0.2) is 0 Å². The number of piperidine rings is 1. The van der Waals surface area contributed by atoms with Crippen LogP contribution in [0.25, 0.3) is 11.4 Å². The lowest BCUT2D eigenvalue weighted by molar-refractivity contribution is -0.121. The van der Waals surface area contributed by atoms with Crippen LogP contribution in [0, 0.1) is 5.92 Å². The van der Waals surface area contributed by atoms with Gasteiger partial charge in [0.25, 0.3) is 5.91 Å². The summed E-state index contributed by atoms with van der Waals surface area (Å²) >= 11 is 6.07. The van der Waals surface area contributed by atoms with Crippen molar-refractivity contribution < 1.29 is 14.1 Å². The molecule has 1 unspecified atom stereocenters. The molecule has 0 bridgehead atoms. The maximum Gasteiger partial charge on any atom is 0.253 e. The zero-order valence-electron chi connectivity index (χ0n) is 20.8. The average Bonchev–Trinajstić information content (AvgIpc) is 3.41. The lowest BCUT2D eigenvalue weighted by Crippen LogP contribution is -2.40. The first-order valence-corrected chi connectivity index (χ1v) is 13.0. The largest absolute Gasteiger partial charge is 0.348 e. The standard InChI is InChI=1S/C29H28ClN5O3/c30-23-12-6-10-21(16-23)27-33-26(38-34-27)19-35-15-7-11-22(18-35)28(36)32-25-14-5-4-13-24(25)29(37)31-17-20-8-2-1-3-9-20/h1-6,8-10,12-14,16,22H,7,11,15,17-19H2,(H,31,37)(H,32,36). The SMILES string of the molecule is O=C(NCc1ccccc1)c1ccccc1NC(=O)C1CCCN(Cc2nc(-c3cccc(Cl)c3)no2)C1. The molecule has 194 valence electrons. The smallest absolute Gasteiger partial charge is 0.253 e. The van der Waals surface area contributed by atoms with Crippen LogP contribution in [0.4, 0.5) is 5.69 Å². The highest BCUT2D eigenvalue weighted by Gasteiger charge is 2.28. The summed E-state index contributed by atoms with van der Waals surface area (Å²) in [6, 6.07) is 24.1. The van der Waals surface area contributed by atoms with Gasteiger partial charge >= 0.3 is 0 Å². The summed E-state index contributed by atoms with van der Waals surface area (Å²) < 4.78 is 5.46. The lowest BCUT2D eigenvalue weighted by Gasteiger charge is -2.31. The lowest BCUT2D eigenvalue weighted by atomic mass is 9.96. The van der Waals surface area contributed by atoms with Gasteiger partial charge in [0.05, 0.1) is 23.7 Å². The Morgan fingerprint density at radius 1 is 1.03 bits per heavy atom. The number of benzene rings is 3. The molecule has 1 atom stereocenters. The third kappa shape index (κ3) is 6.45. The topological polar surface area (TPSA) is 100 Å². The Morgan fingerprint density at radius 2 is 1.84 bits per heavy atom. The van der Waals surface area contributed by atoms with Crippen molar-refractivity contribution in [3.8, 4) is 11.4 Å². The maximum absolute atomic E-state index is 13.2. The van der Waals surface area contributed by atoms with Crippen LogP contribution in [0.2, 0.25) is 5.02 Å². The minimum absolute atomic E-state index is 0.108. The van der Waals surface area contributed by atoms with Crippen molar-refractivity contribution >= 4 is 29.1 Å². The molecule has 1 aliphatic rings. The number of hydrogen-bond donors (Lipinski definition) is 2. The van der Waals surface area contributed by atoms with E-state index in [4.69, 9.17) is 16.1 Å². The maximum atomic E-state index is 13.2. The van der Waals surface area contributed by atoms with E-state index < -0.39 is 0 Å². The van der Waals surface area contributed by atoms with Crippen LogP contribution < -0.4 is 10.6 Å². The normalized spacial score (nSPS) is 15.7. The second-order valence-electron chi connectivity index (χ2n) is 9.30. The molecule has 8 nitrogen and oxygen atoms in total. The van der Waals surface area contributed by atoms with Crippen molar-refractivity contribution in [1.29, 1.82) is 0 Å². The molecule has 5 rings (SSSR count). The minimum atomic E-state index is -0.234. The van der Waals surface area contributed by atoms with E-state index in [9.17, 15) is 9.59 Å². The summed E-state index contributed by atoms with van der Waals surface area (Å²) in [5.74, 6) is 0.405. The number of aromatic nitrogens is 2. The summed E-state index contributed by atoms with van der Waals surface area (Å²) in [6.45, 7) is 2.25. The summed E-state index contributed by atoms with van der Waals surface area (Å²) in [7, 11) is 0. The van der Waals surface area contributed by atoms with Gasteiger partial charge in [0.15, 0.2) is 0 Å². The highest BCUT2D eigenvalue weighted by atomic mass is 35.5. The van der Waals surface area contributed by atoms with E-state index in [0.717, 1.165) is 30.5 Å². The number of para-hydroxylation sites is 1. The van der Waals surface area contributed by atoms with Crippen LogP contribution in [0.15, 0.2) is 83.4 Å². The minimum Gasteiger partial charge on any atom is -0.348 e. The molecule has 9 heteroatoms. The van der Waals surface area contributed by atoms with E-state index in [0.29, 0.717) is 47.6 Å². The van der Waals surface area contributed by atoms with Gasteiger partial charge in [-0.1, -0.05) is 71.4 Å². The molecular formula is C29H28ClN5O3. The monoisotopic (exact) mass is 529 g/mol. The number of likely N-dealkylation sites (tertiary alicyclic amines) is 1. The molecule has 2 N–H and O–H groups in total. The number of nitrogens with zero attached hydrogens (tertiary/aromatic N) is 3. The molecule has 1 fully saturated rings. The van der Waals surface area contributed by atoms with E-state index in [1.54, 1.807) is 30.3 Å². The predicted molar refractivity (Wildman–Crippen MR) is 145 cm³/mol. The Kier molecular flexibility index (Phi) is 8.11. The van der Waals surface area contributed by atoms with Crippen LogP contribution in [0.3, 0.4) is 0 Å². The second-order valence-corrected chi connectivity index (χ2v) is 9.74. The fourth-order valence-electron chi connectivity index (χ4n) is 4.57. The molecular weight excluding hydrogens is 502 g/mol. The first-order valence-electron chi connectivity index (χ1n) is 12.6. The van der Waals surface area contributed by atoms with Gasteiger partial charge in [-0.2, -0.15) is 4.98 Å². The number of carbonyl (C=O) groups is 2. The van der Waals surface area contributed by atoms with Crippen molar-refractivity contribution in [1.82, 2.24) is 20.4 Å². The molecule has 0 spiro atoms. The molecule has 1 saturated heterocycles. The Balaban J connectivity index is 1.19. The third-order valence-electron chi connectivity index (χ3n) is 6.51. The van der Waals surface area contributed by atoms with Gasteiger partial charge in [-0.3, -0.25) is 14.5 Å². The first kappa shape index (κ1) is 25.6. The van der Waals surface area contributed by atoms with Gasteiger partial charge in [-0.05, 0) is 49.2 Å². The predicted octanol–water partition coefficient (Wildman–Crippen LogP) is 5.17. The average molecular weight is 530 g/mol. The molecule has 2 amide bonds. The molecule has 3 aromatic carbocycles. The molecule has 38 heavy (non-hydrogen) atoms. The first-order chi connectivity index (χ1) is 18.5.